The Morgan fingerprint density at radius 3 is 1.07 bits per heavy atom. The van der Waals surface area contributed by atoms with Gasteiger partial charge in [0.25, 0.3) is 0 Å². The molecule has 0 saturated heterocycles. The Kier molecular flexibility index (Phi) is 13.3. The van der Waals surface area contributed by atoms with Gasteiger partial charge in [-0.3, -0.25) is 0 Å². The van der Waals surface area contributed by atoms with Gasteiger partial charge in [-0.05, 0) is 103 Å². The molecular weight excluding hydrogens is 484 g/mol. The molecule has 210 valence electrons. The zero-order valence-corrected chi connectivity index (χ0v) is 26.3. The van der Waals surface area contributed by atoms with Crippen molar-refractivity contribution < 1.29 is 0 Å². The molecule has 0 aromatic heterocycles. The minimum absolute atomic E-state index is 1.26. The van der Waals surface area contributed by atoms with Crippen LogP contribution in [0.5, 0.6) is 0 Å². The van der Waals surface area contributed by atoms with Crippen LogP contribution in [-0.4, -0.2) is 52.1 Å². The van der Waals surface area contributed by atoms with Crippen LogP contribution in [0.4, 0.5) is 0 Å². The van der Waals surface area contributed by atoms with Crippen molar-refractivity contribution in [2.75, 3.05) is 42.3 Å². The van der Waals surface area contributed by atoms with Crippen LogP contribution in [0.3, 0.4) is 0 Å². The average molecular weight is 533 g/mol. The maximum absolute atomic E-state index is 2.37. The largest absolute Gasteiger partial charge is 0.312 e. The summed E-state index contributed by atoms with van der Waals surface area (Å²) in [6.45, 7) is 8.00. The fraction of sp³-hybridized carbons (Fsp3) is 0.263. The highest BCUT2D eigenvalue weighted by atomic mass is 15.0. The van der Waals surface area contributed by atoms with Crippen molar-refractivity contribution in [3.63, 3.8) is 0 Å². The summed E-state index contributed by atoms with van der Waals surface area (Å²) in [6.07, 6.45) is 0. The third kappa shape index (κ3) is 8.14. The third-order valence-corrected chi connectivity index (χ3v) is 5.82. The van der Waals surface area contributed by atoms with Crippen LogP contribution in [0.2, 0.25) is 0 Å². The Morgan fingerprint density at radius 1 is 0.375 bits per heavy atom. The van der Waals surface area contributed by atoms with Gasteiger partial charge in [-0.15, -0.1) is 0 Å². The fourth-order valence-electron chi connectivity index (χ4n) is 4.54. The van der Waals surface area contributed by atoms with Crippen LogP contribution in [0.15, 0.2) is 109 Å². The Balaban J connectivity index is 0.000000406. The summed E-state index contributed by atoms with van der Waals surface area (Å²) in [4.78, 5) is 4.00. The molecule has 0 spiro atoms. The molecule has 2 nitrogen and oxygen atoms in total. The van der Waals surface area contributed by atoms with Crippen molar-refractivity contribution in [2.24, 2.45) is 0 Å². The van der Waals surface area contributed by atoms with Gasteiger partial charge in [0.15, 0.2) is 0 Å². The van der Waals surface area contributed by atoms with E-state index in [1.807, 2.05) is 79.8 Å². The Labute approximate surface area is 243 Å². The molecule has 0 heterocycles. The average Bonchev–Trinajstić information content (AvgIpc) is 2.98. The smallest absolute Gasteiger partial charge is 0.00143 e. The molecule has 0 bridgehead atoms. The molecule has 0 radical (unpaired) electrons. The second-order valence-electron chi connectivity index (χ2n) is 10.1. The normalized spacial score (nSPS) is 10.2. The molecular formula is C38H48N2. The first-order valence-corrected chi connectivity index (χ1v) is 14.4. The van der Waals surface area contributed by atoms with E-state index in [9.17, 15) is 0 Å². The van der Waals surface area contributed by atoms with E-state index in [1.165, 1.54) is 54.6 Å². The molecule has 0 N–H and O–H groups in total. The highest BCUT2D eigenvalue weighted by Crippen LogP contribution is 2.43. The molecule has 0 saturated carbocycles. The highest BCUT2D eigenvalue weighted by Gasteiger charge is 2.16. The zero-order chi connectivity index (χ0) is 29.7. The maximum Gasteiger partial charge on any atom is -0.00143 e. The Bertz CT molecular complexity index is 1420. The number of hydrogen-bond acceptors (Lipinski definition) is 2. The van der Waals surface area contributed by atoms with Gasteiger partial charge in [0.05, 0.1) is 0 Å². The first-order valence-electron chi connectivity index (χ1n) is 14.4. The molecule has 0 aliphatic rings. The fourth-order valence-corrected chi connectivity index (χ4v) is 4.54. The third-order valence-electron chi connectivity index (χ3n) is 5.82. The van der Waals surface area contributed by atoms with Crippen LogP contribution in [0, 0.1) is 0 Å². The first-order chi connectivity index (χ1) is 19.4. The van der Waals surface area contributed by atoms with E-state index >= 15 is 0 Å². The number of hydrogen-bond donors (Lipinski definition) is 0. The Morgan fingerprint density at radius 2 is 0.725 bits per heavy atom. The molecule has 0 aliphatic carbocycles. The number of nitrogens with zero attached hydrogens (tertiary/aromatic N) is 2. The lowest BCUT2D eigenvalue weighted by atomic mass is 9.85. The highest BCUT2D eigenvalue weighted by molar-refractivity contribution is 6.28. The maximum atomic E-state index is 2.37. The van der Waals surface area contributed by atoms with Gasteiger partial charge in [0, 0.05) is 0 Å². The zero-order valence-electron chi connectivity index (χ0n) is 26.3. The van der Waals surface area contributed by atoms with Gasteiger partial charge in [0.1, 0.15) is 0 Å². The molecule has 40 heavy (non-hydrogen) atoms. The SMILES string of the molecule is CC.CC.CN(C)C.CN(C)C.c1ccc(-c2cc(-c3ccccc3)c3ccc4cccc5ccc2c3c54)cc1. The minimum atomic E-state index is 1.26. The molecule has 0 unspecified atom stereocenters. The topological polar surface area (TPSA) is 6.48 Å². The first kappa shape index (κ1) is 32.5. The summed E-state index contributed by atoms with van der Waals surface area (Å²) >= 11 is 0. The van der Waals surface area contributed by atoms with Gasteiger partial charge in [-0.25, -0.2) is 0 Å². The van der Waals surface area contributed by atoms with E-state index in [0.29, 0.717) is 0 Å². The van der Waals surface area contributed by atoms with Gasteiger partial charge in [-0.2, -0.15) is 0 Å². The van der Waals surface area contributed by atoms with Crippen LogP contribution in [0.1, 0.15) is 27.7 Å². The lowest BCUT2D eigenvalue weighted by Gasteiger charge is -2.18. The van der Waals surface area contributed by atoms with Gasteiger partial charge >= 0.3 is 0 Å². The molecule has 0 amide bonds. The van der Waals surface area contributed by atoms with Gasteiger partial charge in [0.2, 0.25) is 0 Å². The monoisotopic (exact) mass is 532 g/mol. The molecule has 0 fully saturated rings. The summed E-state index contributed by atoms with van der Waals surface area (Å²) in [5.74, 6) is 0. The van der Waals surface area contributed by atoms with E-state index in [-0.39, 0.29) is 0 Å². The van der Waals surface area contributed by atoms with Crippen molar-refractivity contribution >= 4 is 32.3 Å². The van der Waals surface area contributed by atoms with Crippen molar-refractivity contribution in [1.82, 2.24) is 9.80 Å². The molecule has 6 aromatic rings. The number of rotatable bonds is 2. The van der Waals surface area contributed by atoms with Crippen LogP contribution < -0.4 is 0 Å². The van der Waals surface area contributed by atoms with Crippen molar-refractivity contribution in [1.29, 1.82) is 0 Å². The predicted molar refractivity (Wildman–Crippen MR) is 183 cm³/mol. The summed E-state index contributed by atoms with van der Waals surface area (Å²) in [6, 6.07) is 39.6. The van der Waals surface area contributed by atoms with E-state index in [0.717, 1.165) is 0 Å². The number of benzene rings is 6. The standard InChI is InChI=1S/C28H18.2C3H9N.2C2H6/c1-3-8-19(9-4-1)25-18-26(20-10-5-2-6-11-20)24-17-15-22-13-7-12-21-14-16-23(25)28(24)27(21)22;2*1-4(2)3;2*1-2/h1-18H;2*1-3H3;2*1-2H3. The van der Waals surface area contributed by atoms with Crippen molar-refractivity contribution in [3.05, 3.63) is 109 Å². The summed E-state index contributed by atoms with van der Waals surface area (Å²) in [5.41, 5.74) is 5.12. The van der Waals surface area contributed by atoms with E-state index < -0.39 is 0 Å². The second-order valence-corrected chi connectivity index (χ2v) is 10.1. The minimum Gasteiger partial charge on any atom is -0.312 e. The van der Waals surface area contributed by atoms with Gasteiger partial charge < -0.3 is 9.80 Å². The van der Waals surface area contributed by atoms with E-state index in [1.54, 1.807) is 0 Å². The van der Waals surface area contributed by atoms with Crippen LogP contribution in [0.25, 0.3) is 54.6 Å². The summed E-state index contributed by atoms with van der Waals surface area (Å²) in [5, 5.41) is 8.00. The lowest BCUT2D eigenvalue weighted by Crippen LogP contribution is -1.99. The van der Waals surface area contributed by atoms with Crippen LogP contribution in [-0.2, 0) is 0 Å². The molecule has 2 heteroatoms. The van der Waals surface area contributed by atoms with Crippen LogP contribution >= 0.6 is 0 Å². The van der Waals surface area contributed by atoms with E-state index in [2.05, 4.69) is 109 Å². The molecule has 0 aliphatic heterocycles. The van der Waals surface area contributed by atoms with Gasteiger partial charge in [-0.1, -0.05) is 131 Å². The molecule has 0 atom stereocenters. The quantitative estimate of drug-likeness (QED) is 0.205. The molecule has 6 aromatic carbocycles. The Hall–Kier alpha value is -3.72. The molecule has 6 rings (SSSR count). The second kappa shape index (κ2) is 16.4. The van der Waals surface area contributed by atoms with Crippen molar-refractivity contribution in [2.45, 2.75) is 27.7 Å². The lowest BCUT2D eigenvalue weighted by molar-refractivity contribution is 0.505. The van der Waals surface area contributed by atoms with Crippen molar-refractivity contribution in [3.8, 4) is 22.3 Å². The summed E-state index contributed by atoms with van der Waals surface area (Å²) < 4.78 is 0. The van der Waals surface area contributed by atoms with E-state index in [4.69, 9.17) is 0 Å². The predicted octanol–water partition coefficient (Wildman–Crippen LogP) is 10.3. The summed E-state index contributed by atoms with van der Waals surface area (Å²) in [7, 11) is 12.0.